The van der Waals surface area contributed by atoms with Crippen molar-refractivity contribution in [1.29, 1.82) is 0 Å². The molecule has 1 unspecified atom stereocenters. The van der Waals surface area contributed by atoms with Gasteiger partial charge >= 0.3 is 0 Å². The molecule has 1 aromatic heterocycles. The number of thiazole rings is 1. The molecule has 1 aromatic carbocycles. The smallest absolute Gasteiger partial charge is 0.134 e. The van der Waals surface area contributed by atoms with Gasteiger partial charge in [0.25, 0.3) is 0 Å². The van der Waals surface area contributed by atoms with E-state index in [0.29, 0.717) is 6.61 Å². The first-order valence-corrected chi connectivity index (χ1v) is 8.09. The predicted octanol–water partition coefficient (Wildman–Crippen LogP) is 3.52. The summed E-state index contributed by atoms with van der Waals surface area (Å²) in [4.78, 5) is 4.74. The van der Waals surface area contributed by atoms with E-state index in [-0.39, 0.29) is 6.10 Å². The van der Waals surface area contributed by atoms with E-state index in [1.54, 1.807) is 11.3 Å². The molecule has 1 atom stereocenters. The van der Waals surface area contributed by atoms with Crippen molar-refractivity contribution in [3.8, 4) is 0 Å². The first kappa shape index (κ1) is 13.7. The van der Waals surface area contributed by atoms with Crippen LogP contribution in [-0.2, 0) is 11.3 Å². The molecule has 4 heteroatoms. The normalized spacial score (nSPS) is 16.2. The van der Waals surface area contributed by atoms with Gasteiger partial charge in [-0.3, -0.25) is 0 Å². The molecule has 2 aromatic rings. The third kappa shape index (κ3) is 3.45. The van der Waals surface area contributed by atoms with E-state index in [2.05, 4.69) is 22.8 Å². The maximum Gasteiger partial charge on any atom is 0.134 e. The Morgan fingerprint density at radius 3 is 2.85 bits per heavy atom. The van der Waals surface area contributed by atoms with E-state index in [1.165, 1.54) is 18.4 Å². The Morgan fingerprint density at radius 2 is 2.15 bits per heavy atom. The first-order valence-electron chi connectivity index (χ1n) is 7.21. The average Bonchev–Trinajstić information content (AvgIpc) is 3.21. The first-order chi connectivity index (χ1) is 9.86. The molecule has 3 rings (SSSR count). The van der Waals surface area contributed by atoms with Gasteiger partial charge in [0.2, 0.25) is 0 Å². The molecule has 0 radical (unpaired) electrons. The second kappa shape index (κ2) is 6.48. The number of benzene rings is 1. The van der Waals surface area contributed by atoms with Crippen molar-refractivity contribution in [3.63, 3.8) is 0 Å². The third-order valence-corrected chi connectivity index (χ3v) is 4.32. The van der Waals surface area contributed by atoms with Gasteiger partial charge in [0.15, 0.2) is 0 Å². The van der Waals surface area contributed by atoms with Crippen LogP contribution >= 0.6 is 11.3 Å². The summed E-state index contributed by atoms with van der Waals surface area (Å²) in [5.74, 6) is 0. The lowest BCUT2D eigenvalue weighted by Crippen LogP contribution is -2.15. The quantitative estimate of drug-likeness (QED) is 0.846. The number of hydrogen-bond donors (Lipinski definition) is 1. The molecule has 106 valence electrons. The summed E-state index contributed by atoms with van der Waals surface area (Å²) < 4.78 is 5.89. The molecule has 1 heterocycles. The zero-order valence-corrected chi connectivity index (χ0v) is 12.5. The van der Waals surface area contributed by atoms with Gasteiger partial charge in [-0.2, -0.15) is 0 Å². The highest BCUT2D eigenvalue weighted by Gasteiger charge is 2.21. The van der Waals surface area contributed by atoms with Gasteiger partial charge in [-0.15, -0.1) is 11.3 Å². The standard InChI is InChI=1S/C16H20N2OS/c1-2-19-15(12-6-4-3-5-7-12)16-18-14(11-20-16)10-17-13-8-9-13/h3-7,11,13,15,17H,2,8-10H2,1H3. The van der Waals surface area contributed by atoms with Crippen LogP contribution in [0.1, 0.15) is 42.1 Å². The van der Waals surface area contributed by atoms with Gasteiger partial charge in [-0.1, -0.05) is 30.3 Å². The van der Waals surface area contributed by atoms with Crippen molar-refractivity contribution in [2.75, 3.05) is 6.61 Å². The lowest BCUT2D eigenvalue weighted by atomic mass is 10.1. The Hall–Kier alpha value is -1.23. The largest absolute Gasteiger partial charge is 0.367 e. The van der Waals surface area contributed by atoms with Gasteiger partial charge in [0, 0.05) is 24.6 Å². The lowest BCUT2D eigenvalue weighted by molar-refractivity contribution is 0.0910. The van der Waals surface area contributed by atoms with Crippen molar-refractivity contribution >= 4 is 11.3 Å². The highest BCUT2D eigenvalue weighted by molar-refractivity contribution is 7.09. The maximum absolute atomic E-state index is 5.89. The summed E-state index contributed by atoms with van der Waals surface area (Å²) >= 11 is 1.69. The molecular formula is C16H20N2OS. The van der Waals surface area contributed by atoms with E-state index in [9.17, 15) is 0 Å². The molecule has 1 saturated carbocycles. The highest BCUT2D eigenvalue weighted by Crippen LogP contribution is 2.28. The Bertz CT molecular complexity index is 536. The Labute approximate surface area is 124 Å². The van der Waals surface area contributed by atoms with Crippen LogP contribution < -0.4 is 5.32 Å². The van der Waals surface area contributed by atoms with Gasteiger partial charge < -0.3 is 10.1 Å². The second-order valence-corrected chi connectivity index (χ2v) is 5.97. The molecule has 20 heavy (non-hydrogen) atoms. The van der Waals surface area contributed by atoms with Crippen molar-refractivity contribution in [3.05, 3.63) is 52.0 Å². The minimum atomic E-state index is -0.0409. The summed E-state index contributed by atoms with van der Waals surface area (Å²) in [7, 11) is 0. The second-order valence-electron chi connectivity index (χ2n) is 5.08. The van der Waals surface area contributed by atoms with Crippen molar-refractivity contribution in [1.82, 2.24) is 10.3 Å². The molecule has 0 amide bonds. The zero-order chi connectivity index (χ0) is 13.8. The van der Waals surface area contributed by atoms with Crippen LogP contribution in [0.4, 0.5) is 0 Å². The summed E-state index contributed by atoms with van der Waals surface area (Å²) in [6.07, 6.45) is 2.58. The number of nitrogens with zero attached hydrogens (tertiary/aromatic N) is 1. The fourth-order valence-electron chi connectivity index (χ4n) is 2.17. The molecule has 1 aliphatic carbocycles. The van der Waals surface area contributed by atoms with Gasteiger partial charge in [0.1, 0.15) is 11.1 Å². The van der Waals surface area contributed by atoms with Crippen molar-refractivity contribution < 1.29 is 4.74 Å². The minimum absolute atomic E-state index is 0.0409. The average molecular weight is 288 g/mol. The van der Waals surface area contributed by atoms with Crippen LogP contribution in [-0.4, -0.2) is 17.6 Å². The molecule has 0 spiro atoms. The lowest BCUT2D eigenvalue weighted by Gasteiger charge is -2.14. The fraction of sp³-hybridized carbons (Fsp3) is 0.438. The molecule has 0 saturated heterocycles. The number of rotatable bonds is 7. The van der Waals surface area contributed by atoms with E-state index >= 15 is 0 Å². The molecule has 1 aliphatic rings. The van der Waals surface area contributed by atoms with Crippen molar-refractivity contribution in [2.45, 2.75) is 38.5 Å². The topological polar surface area (TPSA) is 34.1 Å². The van der Waals surface area contributed by atoms with Crippen LogP contribution in [0.2, 0.25) is 0 Å². The van der Waals surface area contributed by atoms with Gasteiger partial charge in [-0.25, -0.2) is 4.98 Å². The molecule has 0 bridgehead atoms. The van der Waals surface area contributed by atoms with Crippen LogP contribution in [0.3, 0.4) is 0 Å². The minimum Gasteiger partial charge on any atom is -0.367 e. The van der Waals surface area contributed by atoms with E-state index in [1.807, 2.05) is 25.1 Å². The number of hydrogen-bond acceptors (Lipinski definition) is 4. The summed E-state index contributed by atoms with van der Waals surface area (Å²) in [5, 5.41) is 6.69. The molecular weight excluding hydrogens is 268 g/mol. The Morgan fingerprint density at radius 1 is 1.35 bits per heavy atom. The van der Waals surface area contributed by atoms with E-state index < -0.39 is 0 Å². The summed E-state index contributed by atoms with van der Waals surface area (Å²) in [5.41, 5.74) is 2.29. The van der Waals surface area contributed by atoms with Gasteiger partial charge in [0.05, 0.1) is 5.69 Å². The molecule has 0 aliphatic heterocycles. The zero-order valence-electron chi connectivity index (χ0n) is 11.7. The summed E-state index contributed by atoms with van der Waals surface area (Å²) in [6, 6.07) is 11.0. The highest BCUT2D eigenvalue weighted by atomic mass is 32.1. The summed E-state index contributed by atoms with van der Waals surface area (Å²) in [6.45, 7) is 3.59. The van der Waals surface area contributed by atoms with Crippen molar-refractivity contribution in [2.24, 2.45) is 0 Å². The monoisotopic (exact) mass is 288 g/mol. The van der Waals surface area contributed by atoms with E-state index in [0.717, 1.165) is 23.3 Å². The molecule has 1 fully saturated rings. The molecule has 1 N–H and O–H groups in total. The Balaban J connectivity index is 1.73. The van der Waals surface area contributed by atoms with Gasteiger partial charge in [-0.05, 0) is 25.3 Å². The number of nitrogens with one attached hydrogen (secondary N) is 1. The number of aromatic nitrogens is 1. The maximum atomic E-state index is 5.89. The van der Waals surface area contributed by atoms with Crippen LogP contribution in [0.25, 0.3) is 0 Å². The Kier molecular flexibility index (Phi) is 4.45. The van der Waals surface area contributed by atoms with Crippen LogP contribution in [0.15, 0.2) is 35.7 Å². The van der Waals surface area contributed by atoms with Crippen LogP contribution in [0, 0.1) is 0 Å². The predicted molar refractivity (Wildman–Crippen MR) is 81.9 cm³/mol. The fourth-order valence-corrected chi connectivity index (χ4v) is 3.06. The molecule has 3 nitrogen and oxygen atoms in total. The van der Waals surface area contributed by atoms with Crippen LogP contribution in [0.5, 0.6) is 0 Å². The third-order valence-electron chi connectivity index (χ3n) is 3.38. The number of ether oxygens (including phenoxy) is 1. The SMILES string of the molecule is CCOC(c1ccccc1)c1nc(CNC2CC2)cs1. The van der Waals surface area contributed by atoms with E-state index in [4.69, 9.17) is 9.72 Å².